The highest BCUT2D eigenvalue weighted by atomic mass is 16.4. The van der Waals surface area contributed by atoms with Gasteiger partial charge in [-0.1, -0.05) is 13.8 Å². The minimum atomic E-state index is -0.820. The Morgan fingerprint density at radius 3 is 2.61 bits per heavy atom. The molecule has 0 spiro atoms. The van der Waals surface area contributed by atoms with E-state index in [1.807, 2.05) is 18.5 Å². The molecule has 6 heteroatoms. The third-order valence-electron chi connectivity index (χ3n) is 5.13. The number of aliphatic carboxylic acids is 1. The van der Waals surface area contributed by atoms with E-state index in [0.717, 1.165) is 25.0 Å². The number of carboxylic acid groups (broad SMARTS) is 1. The number of hydrogen-bond acceptors (Lipinski definition) is 3. The highest BCUT2D eigenvalue weighted by Crippen LogP contribution is 2.27. The zero-order chi connectivity index (χ0) is 17.1. The lowest BCUT2D eigenvalue weighted by Crippen LogP contribution is -2.49. The molecular weight excluding hydrogens is 294 g/mol. The van der Waals surface area contributed by atoms with Crippen molar-refractivity contribution in [2.24, 2.45) is 5.92 Å². The first-order valence-electron chi connectivity index (χ1n) is 8.50. The Kier molecular flexibility index (Phi) is 5.44. The van der Waals surface area contributed by atoms with Crippen molar-refractivity contribution >= 4 is 11.9 Å². The molecule has 2 heterocycles. The lowest BCUT2D eigenvalue weighted by molar-refractivity contribution is -0.144. The number of likely N-dealkylation sites (tertiary alicyclic amines) is 1. The largest absolute Gasteiger partial charge is 0.481 e. The number of hydrogen-bond donors (Lipinski definition) is 1. The average Bonchev–Trinajstić information content (AvgIpc) is 2.90. The molecule has 23 heavy (non-hydrogen) atoms. The van der Waals surface area contributed by atoms with Crippen molar-refractivity contribution in [3.63, 3.8) is 0 Å². The molecule has 0 aliphatic carbocycles. The van der Waals surface area contributed by atoms with Gasteiger partial charge in [-0.15, -0.1) is 0 Å². The number of carboxylic acids is 1. The fraction of sp³-hybridized carbons (Fsp3) is 0.706. The van der Waals surface area contributed by atoms with Crippen LogP contribution < -0.4 is 0 Å². The van der Waals surface area contributed by atoms with Crippen LogP contribution in [0.2, 0.25) is 0 Å². The SMILES string of the molecule is CCC(CC)n1ncc(C(=O)N2CCC[C@H](C(=O)O)[C@@H]2C)c1C. The van der Waals surface area contributed by atoms with E-state index < -0.39 is 11.9 Å². The van der Waals surface area contributed by atoms with Crippen LogP contribution in [-0.4, -0.2) is 44.3 Å². The van der Waals surface area contributed by atoms with E-state index in [1.54, 1.807) is 11.1 Å². The maximum absolute atomic E-state index is 12.9. The Bertz CT molecular complexity index is 578. The van der Waals surface area contributed by atoms with E-state index in [1.165, 1.54) is 0 Å². The maximum atomic E-state index is 12.9. The average molecular weight is 321 g/mol. The van der Waals surface area contributed by atoms with Crippen molar-refractivity contribution < 1.29 is 14.7 Å². The van der Waals surface area contributed by atoms with Gasteiger partial charge in [0.15, 0.2) is 0 Å². The zero-order valence-corrected chi connectivity index (χ0v) is 14.5. The van der Waals surface area contributed by atoms with E-state index in [4.69, 9.17) is 0 Å². The number of carbonyl (C=O) groups excluding carboxylic acids is 1. The summed E-state index contributed by atoms with van der Waals surface area (Å²) in [6.45, 7) is 8.58. The molecule has 0 aromatic carbocycles. The summed E-state index contributed by atoms with van der Waals surface area (Å²) in [4.78, 5) is 25.9. The molecule has 1 aliphatic heterocycles. The normalized spacial score (nSPS) is 21.7. The molecule has 128 valence electrons. The predicted octanol–water partition coefficient (Wildman–Crippen LogP) is 2.88. The van der Waals surface area contributed by atoms with E-state index in [9.17, 15) is 14.7 Å². The Hall–Kier alpha value is -1.85. The van der Waals surface area contributed by atoms with Gasteiger partial charge < -0.3 is 10.0 Å². The van der Waals surface area contributed by atoms with Crippen LogP contribution in [0.1, 0.15) is 68.5 Å². The van der Waals surface area contributed by atoms with Crippen LogP contribution in [0.15, 0.2) is 6.20 Å². The van der Waals surface area contributed by atoms with Gasteiger partial charge in [-0.25, -0.2) is 0 Å². The Morgan fingerprint density at radius 2 is 2.04 bits per heavy atom. The topological polar surface area (TPSA) is 75.4 Å². The summed E-state index contributed by atoms with van der Waals surface area (Å²) in [5.41, 5.74) is 1.46. The summed E-state index contributed by atoms with van der Waals surface area (Å²) < 4.78 is 1.93. The van der Waals surface area contributed by atoms with Gasteiger partial charge >= 0.3 is 5.97 Å². The number of carbonyl (C=O) groups is 2. The van der Waals surface area contributed by atoms with Crippen LogP contribution in [0.5, 0.6) is 0 Å². The Morgan fingerprint density at radius 1 is 1.39 bits per heavy atom. The third-order valence-corrected chi connectivity index (χ3v) is 5.13. The fourth-order valence-electron chi connectivity index (χ4n) is 3.55. The molecule has 2 rings (SSSR count). The third kappa shape index (κ3) is 3.26. The second kappa shape index (κ2) is 7.15. The van der Waals surface area contributed by atoms with Crippen LogP contribution in [0, 0.1) is 12.8 Å². The molecule has 0 unspecified atom stereocenters. The first-order valence-corrected chi connectivity index (χ1v) is 8.50. The molecule has 1 aromatic rings. The number of amides is 1. The van der Waals surface area contributed by atoms with Gasteiger partial charge in [-0.3, -0.25) is 14.3 Å². The van der Waals surface area contributed by atoms with Gasteiger partial charge in [0.25, 0.3) is 5.91 Å². The van der Waals surface area contributed by atoms with Crippen LogP contribution in [0.3, 0.4) is 0 Å². The van der Waals surface area contributed by atoms with Gasteiger partial charge in [-0.05, 0) is 39.5 Å². The molecule has 0 radical (unpaired) electrons. The zero-order valence-electron chi connectivity index (χ0n) is 14.5. The van der Waals surface area contributed by atoms with Crippen LogP contribution >= 0.6 is 0 Å². The number of aromatic nitrogens is 2. The minimum Gasteiger partial charge on any atom is -0.481 e. The molecule has 2 atom stereocenters. The molecule has 6 nitrogen and oxygen atoms in total. The van der Waals surface area contributed by atoms with Crippen molar-refractivity contribution in [2.75, 3.05) is 6.54 Å². The van der Waals surface area contributed by atoms with Crippen LogP contribution in [0.4, 0.5) is 0 Å². The standard InChI is InChI=1S/C17H27N3O3/c1-5-13(6-2)20-12(4)15(10-18-20)16(21)19-9-7-8-14(11(19)3)17(22)23/h10-11,13-14H,5-9H2,1-4H3,(H,22,23)/t11-,14-/m0/s1. The maximum Gasteiger partial charge on any atom is 0.308 e. The quantitative estimate of drug-likeness (QED) is 0.905. The minimum absolute atomic E-state index is 0.0989. The smallest absolute Gasteiger partial charge is 0.308 e. The first-order chi connectivity index (χ1) is 10.9. The van der Waals surface area contributed by atoms with E-state index in [-0.39, 0.29) is 11.9 Å². The summed E-state index contributed by atoms with van der Waals surface area (Å²) >= 11 is 0. The molecule has 1 saturated heterocycles. The Labute approximate surface area is 137 Å². The molecular formula is C17H27N3O3. The second-order valence-electron chi connectivity index (χ2n) is 6.38. The highest BCUT2D eigenvalue weighted by molar-refractivity contribution is 5.95. The summed E-state index contributed by atoms with van der Waals surface area (Å²) in [5, 5.41) is 13.7. The highest BCUT2D eigenvalue weighted by Gasteiger charge is 2.36. The lowest BCUT2D eigenvalue weighted by Gasteiger charge is -2.37. The van der Waals surface area contributed by atoms with Crippen molar-refractivity contribution in [3.05, 3.63) is 17.5 Å². The molecule has 1 N–H and O–H groups in total. The van der Waals surface area contributed by atoms with E-state index >= 15 is 0 Å². The van der Waals surface area contributed by atoms with Gasteiger partial charge in [0.1, 0.15) is 0 Å². The van der Waals surface area contributed by atoms with Crippen molar-refractivity contribution in [2.45, 2.75) is 65.5 Å². The molecule has 1 fully saturated rings. The van der Waals surface area contributed by atoms with Crippen molar-refractivity contribution in [3.8, 4) is 0 Å². The predicted molar refractivity (Wildman–Crippen MR) is 87.4 cm³/mol. The van der Waals surface area contributed by atoms with E-state index in [0.29, 0.717) is 24.6 Å². The molecule has 0 bridgehead atoms. The van der Waals surface area contributed by atoms with Crippen molar-refractivity contribution in [1.82, 2.24) is 14.7 Å². The van der Waals surface area contributed by atoms with Crippen molar-refractivity contribution in [1.29, 1.82) is 0 Å². The molecule has 1 aliphatic rings. The van der Waals surface area contributed by atoms with Crippen LogP contribution in [0.25, 0.3) is 0 Å². The number of nitrogens with zero attached hydrogens (tertiary/aromatic N) is 3. The Balaban J connectivity index is 2.25. The first kappa shape index (κ1) is 17.5. The number of rotatable bonds is 5. The van der Waals surface area contributed by atoms with Gasteiger partial charge in [0, 0.05) is 18.3 Å². The monoisotopic (exact) mass is 321 g/mol. The molecule has 0 saturated carbocycles. The summed E-state index contributed by atoms with van der Waals surface area (Å²) in [6.07, 6.45) is 4.92. The van der Waals surface area contributed by atoms with Crippen LogP contribution in [-0.2, 0) is 4.79 Å². The number of piperidine rings is 1. The summed E-state index contributed by atoms with van der Waals surface area (Å²) in [7, 11) is 0. The second-order valence-corrected chi connectivity index (χ2v) is 6.38. The molecule has 1 aromatic heterocycles. The summed E-state index contributed by atoms with van der Waals surface area (Å²) in [5.74, 6) is -1.40. The molecule has 1 amide bonds. The van der Waals surface area contributed by atoms with E-state index in [2.05, 4.69) is 18.9 Å². The van der Waals surface area contributed by atoms with Gasteiger partial charge in [-0.2, -0.15) is 5.10 Å². The van der Waals surface area contributed by atoms with Gasteiger partial charge in [0.05, 0.1) is 23.7 Å². The fourth-order valence-corrected chi connectivity index (χ4v) is 3.55. The summed E-state index contributed by atoms with van der Waals surface area (Å²) in [6, 6.07) is 0.00624. The lowest BCUT2D eigenvalue weighted by atomic mass is 9.90. The van der Waals surface area contributed by atoms with Gasteiger partial charge in [0.2, 0.25) is 0 Å².